The zero-order valence-electron chi connectivity index (χ0n) is 18.2. The molecule has 168 valence electrons. The molecule has 1 saturated heterocycles. The van der Waals surface area contributed by atoms with Crippen LogP contribution in [-0.2, 0) is 4.79 Å². The summed E-state index contributed by atoms with van der Waals surface area (Å²) in [5, 5.41) is 13.6. The zero-order chi connectivity index (χ0) is 23.5. The monoisotopic (exact) mass is 461 g/mol. The van der Waals surface area contributed by atoms with Gasteiger partial charge in [0.05, 0.1) is 10.7 Å². The summed E-state index contributed by atoms with van der Waals surface area (Å²) < 4.78 is 0. The highest BCUT2D eigenvalue weighted by molar-refractivity contribution is 8.00. The van der Waals surface area contributed by atoms with Crippen LogP contribution in [0.5, 0.6) is 0 Å². The average molecular weight is 462 g/mol. The van der Waals surface area contributed by atoms with Crippen molar-refractivity contribution in [3.8, 4) is 0 Å². The minimum Gasteiger partial charge on any atom is -0.322 e. The zero-order valence-corrected chi connectivity index (χ0v) is 19.0. The predicted molar refractivity (Wildman–Crippen MR) is 131 cm³/mol. The maximum absolute atomic E-state index is 12.7. The number of hydrogen-bond donors (Lipinski definition) is 1. The molecule has 1 N–H and O–H groups in total. The summed E-state index contributed by atoms with van der Waals surface area (Å²) in [6.45, 7) is 4.25. The Morgan fingerprint density at radius 3 is 2.52 bits per heavy atom. The Kier molecular flexibility index (Phi) is 6.46. The SMILES string of the molecule is CC(C)c1ccc(N2C(=O)CSC2c2cccc(NC(=O)c3cccc([N+](=O)[O-])c3)c2)cc1. The van der Waals surface area contributed by atoms with Gasteiger partial charge in [-0.15, -0.1) is 11.8 Å². The average Bonchev–Trinajstić information content (AvgIpc) is 3.20. The molecule has 1 unspecified atom stereocenters. The Bertz CT molecular complexity index is 1210. The largest absolute Gasteiger partial charge is 0.322 e. The molecular formula is C25H23N3O4S. The van der Waals surface area contributed by atoms with Crippen LogP contribution in [0.4, 0.5) is 17.1 Å². The number of benzene rings is 3. The van der Waals surface area contributed by atoms with Gasteiger partial charge in [0.15, 0.2) is 0 Å². The number of nitro benzene ring substituents is 1. The smallest absolute Gasteiger partial charge is 0.270 e. The first-order chi connectivity index (χ1) is 15.8. The van der Waals surface area contributed by atoms with Gasteiger partial charge in [0, 0.05) is 29.1 Å². The van der Waals surface area contributed by atoms with Gasteiger partial charge in [0.1, 0.15) is 5.37 Å². The van der Waals surface area contributed by atoms with Crippen molar-refractivity contribution in [3.63, 3.8) is 0 Å². The number of nitro groups is 1. The summed E-state index contributed by atoms with van der Waals surface area (Å²) in [4.78, 5) is 37.6. The van der Waals surface area contributed by atoms with Gasteiger partial charge in [-0.2, -0.15) is 0 Å². The van der Waals surface area contributed by atoms with Crippen LogP contribution in [0, 0.1) is 10.1 Å². The van der Waals surface area contributed by atoms with Crippen LogP contribution in [0.15, 0.2) is 72.8 Å². The molecule has 1 atom stereocenters. The van der Waals surface area contributed by atoms with E-state index in [-0.39, 0.29) is 22.5 Å². The third-order valence-corrected chi connectivity index (χ3v) is 6.67. The number of rotatable bonds is 6. The molecular weight excluding hydrogens is 438 g/mol. The van der Waals surface area contributed by atoms with Gasteiger partial charge >= 0.3 is 0 Å². The van der Waals surface area contributed by atoms with Crippen LogP contribution >= 0.6 is 11.8 Å². The first-order valence-corrected chi connectivity index (χ1v) is 11.6. The van der Waals surface area contributed by atoms with Crippen LogP contribution in [0.1, 0.15) is 46.6 Å². The van der Waals surface area contributed by atoms with E-state index < -0.39 is 10.8 Å². The molecule has 0 spiro atoms. The first-order valence-electron chi connectivity index (χ1n) is 10.5. The Labute approximate surface area is 196 Å². The van der Waals surface area contributed by atoms with E-state index in [0.29, 0.717) is 17.4 Å². The standard InChI is InChI=1S/C25H23N3O4S/c1-16(2)17-9-11-21(12-10-17)27-23(29)15-33-25(27)19-6-3-7-20(13-19)26-24(30)18-5-4-8-22(14-18)28(31)32/h3-14,16,25H,15H2,1-2H3,(H,26,30). The Morgan fingerprint density at radius 2 is 1.82 bits per heavy atom. The molecule has 0 aliphatic carbocycles. The number of hydrogen-bond acceptors (Lipinski definition) is 5. The number of carbonyl (C=O) groups is 2. The molecule has 7 nitrogen and oxygen atoms in total. The molecule has 1 aliphatic rings. The molecule has 1 aliphatic heterocycles. The van der Waals surface area contributed by atoms with E-state index >= 15 is 0 Å². The molecule has 2 amide bonds. The molecule has 3 aromatic carbocycles. The third kappa shape index (κ3) is 4.90. The van der Waals surface area contributed by atoms with Gasteiger partial charge in [-0.05, 0) is 47.4 Å². The lowest BCUT2D eigenvalue weighted by Gasteiger charge is -2.25. The van der Waals surface area contributed by atoms with Crippen LogP contribution in [0.25, 0.3) is 0 Å². The van der Waals surface area contributed by atoms with E-state index in [4.69, 9.17) is 0 Å². The third-order valence-electron chi connectivity index (χ3n) is 5.45. The molecule has 1 heterocycles. The fourth-order valence-corrected chi connectivity index (χ4v) is 4.87. The second-order valence-electron chi connectivity index (χ2n) is 8.06. The highest BCUT2D eigenvalue weighted by Crippen LogP contribution is 2.42. The van der Waals surface area contributed by atoms with Crippen LogP contribution in [0.3, 0.4) is 0 Å². The van der Waals surface area contributed by atoms with Crippen molar-refractivity contribution in [1.29, 1.82) is 0 Å². The van der Waals surface area contributed by atoms with Crippen LogP contribution < -0.4 is 10.2 Å². The number of nitrogens with zero attached hydrogens (tertiary/aromatic N) is 2. The lowest BCUT2D eigenvalue weighted by Crippen LogP contribution is -2.27. The number of carbonyl (C=O) groups excluding carboxylic acids is 2. The van der Waals surface area contributed by atoms with E-state index in [1.807, 2.05) is 42.5 Å². The fraction of sp³-hybridized carbons (Fsp3) is 0.200. The van der Waals surface area contributed by atoms with Crippen molar-refractivity contribution in [2.45, 2.75) is 25.1 Å². The fourth-order valence-electron chi connectivity index (χ4n) is 3.70. The molecule has 0 bridgehead atoms. The van der Waals surface area contributed by atoms with Gasteiger partial charge in [-0.1, -0.05) is 44.2 Å². The molecule has 4 rings (SSSR count). The Balaban J connectivity index is 1.56. The normalized spacial score (nSPS) is 15.7. The molecule has 0 saturated carbocycles. The van der Waals surface area contributed by atoms with Crippen LogP contribution in [-0.4, -0.2) is 22.5 Å². The van der Waals surface area contributed by atoms with E-state index in [9.17, 15) is 19.7 Å². The van der Waals surface area contributed by atoms with Crippen molar-refractivity contribution in [3.05, 3.63) is 99.6 Å². The van der Waals surface area contributed by atoms with Crippen molar-refractivity contribution >= 4 is 40.6 Å². The molecule has 3 aromatic rings. The van der Waals surface area contributed by atoms with Crippen molar-refractivity contribution in [1.82, 2.24) is 0 Å². The summed E-state index contributed by atoms with van der Waals surface area (Å²) in [5.74, 6) is 0.381. The number of thioether (sulfide) groups is 1. The predicted octanol–water partition coefficient (Wildman–Crippen LogP) is 5.75. The van der Waals surface area contributed by atoms with Gasteiger partial charge in [0.25, 0.3) is 11.6 Å². The van der Waals surface area contributed by atoms with E-state index in [2.05, 4.69) is 19.2 Å². The number of nitrogens with one attached hydrogen (secondary N) is 1. The van der Waals surface area contributed by atoms with Gasteiger partial charge < -0.3 is 5.32 Å². The maximum atomic E-state index is 12.7. The highest BCUT2D eigenvalue weighted by Gasteiger charge is 2.34. The molecule has 8 heteroatoms. The second-order valence-corrected chi connectivity index (χ2v) is 9.13. The topological polar surface area (TPSA) is 92.6 Å². The summed E-state index contributed by atoms with van der Waals surface area (Å²) >= 11 is 1.53. The second kappa shape index (κ2) is 9.46. The molecule has 1 fully saturated rings. The summed E-state index contributed by atoms with van der Waals surface area (Å²) in [7, 11) is 0. The Morgan fingerprint density at radius 1 is 1.09 bits per heavy atom. The van der Waals surface area contributed by atoms with Crippen LogP contribution in [0.2, 0.25) is 0 Å². The maximum Gasteiger partial charge on any atom is 0.270 e. The quantitative estimate of drug-likeness (QED) is 0.373. The summed E-state index contributed by atoms with van der Waals surface area (Å²) in [6, 6.07) is 21.0. The molecule has 0 aromatic heterocycles. The summed E-state index contributed by atoms with van der Waals surface area (Å²) in [5.41, 5.74) is 3.55. The minimum absolute atomic E-state index is 0.0355. The lowest BCUT2D eigenvalue weighted by molar-refractivity contribution is -0.384. The van der Waals surface area contributed by atoms with Crippen molar-refractivity contribution in [2.24, 2.45) is 0 Å². The van der Waals surface area contributed by atoms with Gasteiger partial charge in [0.2, 0.25) is 5.91 Å². The summed E-state index contributed by atoms with van der Waals surface area (Å²) in [6.07, 6.45) is 0. The van der Waals surface area contributed by atoms with Crippen molar-refractivity contribution in [2.75, 3.05) is 16.0 Å². The Hall–Kier alpha value is -3.65. The molecule has 33 heavy (non-hydrogen) atoms. The van der Waals surface area contributed by atoms with Gasteiger partial charge in [-0.3, -0.25) is 24.6 Å². The first kappa shape index (κ1) is 22.5. The van der Waals surface area contributed by atoms with E-state index in [1.165, 1.54) is 41.6 Å². The van der Waals surface area contributed by atoms with Crippen molar-refractivity contribution < 1.29 is 14.5 Å². The van der Waals surface area contributed by atoms with E-state index in [1.54, 1.807) is 11.0 Å². The van der Waals surface area contributed by atoms with E-state index in [0.717, 1.165) is 11.3 Å². The highest BCUT2D eigenvalue weighted by atomic mass is 32.2. The number of anilines is 2. The lowest BCUT2D eigenvalue weighted by atomic mass is 10.0. The number of non-ortho nitro benzene ring substituents is 1. The number of amides is 2. The minimum atomic E-state index is -0.534. The molecule has 0 radical (unpaired) electrons. The van der Waals surface area contributed by atoms with Gasteiger partial charge in [-0.25, -0.2) is 0 Å².